The molecule has 1 heterocycles. The van der Waals surface area contributed by atoms with Gasteiger partial charge in [0.25, 0.3) is 0 Å². The highest BCUT2D eigenvalue weighted by molar-refractivity contribution is 4.88. The van der Waals surface area contributed by atoms with Crippen LogP contribution < -0.4 is 0 Å². The first-order chi connectivity index (χ1) is 6.31. The Hall–Kier alpha value is -0.160. The minimum absolute atomic E-state index is 0.0354. The first-order valence-electron chi connectivity index (χ1n) is 4.97. The summed E-state index contributed by atoms with van der Waals surface area (Å²) in [4.78, 5) is 0. The van der Waals surface area contributed by atoms with Gasteiger partial charge in [-0.2, -0.15) is 0 Å². The number of rotatable bonds is 1. The van der Waals surface area contributed by atoms with Gasteiger partial charge >= 0.3 is 0 Å². The lowest BCUT2D eigenvalue weighted by atomic mass is 9.85. The minimum atomic E-state index is -1.09. The van der Waals surface area contributed by atoms with Gasteiger partial charge in [-0.05, 0) is 11.8 Å². The molecule has 1 aliphatic rings. The summed E-state index contributed by atoms with van der Waals surface area (Å²) in [5.74, 6) is 0. The highest BCUT2D eigenvalue weighted by Gasteiger charge is 2.38. The molecule has 0 aromatic carbocycles. The average molecular weight is 204 g/mol. The second-order valence-corrected chi connectivity index (χ2v) is 5.19. The lowest BCUT2D eigenvalue weighted by Crippen LogP contribution is -2.53. The molecule has 1 rings (SSSR count). The molecule has 0 aromatic rings. The van der Waals surface area contributed by atoms with E-state index in [4.69, 9.17) is 4.74 Å². The molecule has 3 N–H and O–H groups in total. The summed E-state index contributed by atoms with van der Waals surface area (Å²) >= 11 is 0. The summed E-state index contributed by atoms with van der Waals surface area (Å²) in [6, 6.07) is 0. The van der Waals surface area contributed by atoms with E-state index in [-0.39, 0.29) is 18.1 Å². The van der Waals surface area contributed by atoms with Gasteiger partial charge in [-0.1, -0.05) is 20.8 Å². The molecule has 1 fully saturated rings. The Morgan fingerprint density at radius 2 is 1.71 bits per heavy atom. The molecular weight excluding hydrogens is 184 g/mol. The van der Waals surface area contributed by atoms with E-state index < -0.39 is 18.3 Å². The summed E-state index contributed by atoms with van der Waals surface area (Å²) in [5, 5.41) is 28.3. The summed E-state index contributed by atoms with van der Waals surface area (Å²) in [7, 11) is 0. The number of hydrogen-bond donors (Lipinski definition) is 3. The monoisotopic (exact) mass is 204 g/mol. The van der Waals surface area contributed by atoms with Crippen molar-refractivity contribution in [3.05, 3.63) is 0 Å². The zero-order valence-corrected chi connectivity index (χ0v) is 8.97. The third-order valence-corrected chi connectivity index (χ3v) is 2.42. The Labute approximate surface area is 84.5 Å². The van der Waals surface area contributed by atoms with Gasteiger partial charge in [0.15, 0.2) is 0 Å². The SMILES string of the molecule is CC(C)(C)C[C@H]1OC[C@H](O)[C@H](O)[C@@H]1O. The fourth-order valence-corrected chi connectivity index (χ4v) is 1.65. The number of hydrogen-bond acceptors (Lipinski definition) is 4. The van der Waals surface area contributed by atoms with Crippen molar-refractivity contribution in [2.24, 2.45) is 5.41 Å². The molecule has 0 radical (unpaired) electrons. The molecule has 0 spiro atoms. The van der Waals surface area contributed by atoms with Crippen molar-refractivity contribution >= 4 is 0 Å². The van der Waals surface area contributed by atoms with Crippen LogP contribution in [0.4, 0.5) is 0 Å². The van der Waals surface area contributed by atoms with Crippen molar-refractivity contribution in [1.82, 2.24) is 0 Å². The lowest BCUT2D eigenvalue weighted by Gasteiger charge is -2.38. The normalized spacial score (nSPS) is 39.9. The van der Waals surface area contributed by atoms with Crippen LogP contribution in [0.2, 0.25) is 0 Å². The Morgan fingerprint density at radius 1 is 1.14 bits per heavy atom. The molecule has 4 atom stereocenters. The van der Waals surface area contributed by atoms with E-state index in [9.17, 15) is 15.3 Å². The third kappa shape index (κ3) is 2.92. The second-order valence-electron chi connectivity index (χ2n) is 5.19. The predicted octanol–water partition coefficient (Wildman–Crippen LogP) is -0.0959. The van der Waals surface area contributed by atoms with Gasteiger partial charge in [0.05, 0.1) is 12.7 Å². The fraction of sp³-hybridized carbons (Fsp3) is 1.00. The quantitative estimate of drug-likeness (QED) is 0.558. The van der Waals surface area contributed by atoms with E-state index in [1.165, 1.54) is 0 Å². The van der Waals surface area contributed by atoms with Crippen LogP contribution >= 0.6 is 0 Å². The van der Waals surface area contributed by atoms with Gasteiger partial charge in [-0.15, -0.1) is 0 Å². The van der Waals surface area contributed by atoms with Crippen LogP contribution in [-0.4, -0.2) is 46.3 Å². The van der Waals surface area contributed by atoms with E-state index in [0.717, 1.165) is 0 Å². The summed E-state index contributed by atoms with van der Waals surface area (Å²) in [5.41, 5.74) is 0.0354. The largest absolute Gasteiger partial charge is 0.388 e. The van der Waals surface area contributed by atoms with E-state index in [0.29, 0.717) is 6.42 Å². The Morgan fingerprint density at radius 3 is 2.21 bits per heavy atom. The van der Waals surface area contributed by atoms with E-state index in [1.54, 1.807) is 0 Å². The standard InChI is InChI=1S/C10H20O4/c1-10(2,3)4-7-9(13)8(12)6(11)5-14-7/h6-9,11-13H,4-5H2,1-3H3/t6-,7+,8-,9+/m0/s1. The van der Waals surface area contributed by atoms with Crippen LogP contribution in [0.25, 0.3) is 0 Å². The smallest absolute Gasteiger partial charge is 0.111 e. The van der Waals surface area contributed by atoms with Gasteiger partial charge in [-0.3, -0.25) is 0 Å². The van der Waals surface area contributed by atoms with Crippen molar-refractivity contribution in [3.8, 4) is 0 Å². The zero-order chi connectivity index (χ0) is 10.9. The van der Waals surface area contributed by atoms with Crippen LogP contribution in [0.1, 0.15) is 27.2 Å². The molecule has 0 aromatic heterocycles. The van der Waals surface area contributed by atoms with Gasteiger partial charge in [0.2, 0.25) is 0 Å². The summed E-state index contributed by atoms with van der Waals surface area (Å²) in [6.07, 6.45) is -2.76. The lowest BCUT2D eigenvalue weighted by molar-refractivity contribution is -0.193. The van der Waals surface area contributed by atoms with Crippen molar-refractivity contribution in [2.75, 3.05) is 6.61 Å². The van der Waals surface area contributed by atoms with Gasteiger partial charge in [-0.25, -0.2) is 0 Å². The average Bonchev–Trinajstić information content (AvgIpc) is 2.04. The fourth-order valence-electron chi connectivity index (χ4n) is 1.65. The zero-order valence-electron chi connectivity index (χ0n) is 8.97. The molecule has 0 aliphatic carbocycles. The van der Waals surface area contributed by atoms with Gasteiger partial charge in [0, 0.05) is 0 Å². The topological polar surface area (TPSA) is 69.9 Å². The van der Waals surface area contributed by atoms with Gasteiger partial charge in [0.1, 0.15) is 18.3 Å². The van der Waals surface area contributed by atoms with Crippen LogP contribution in [-0.2, 0) is 4.74 Å². The van der Waals surface area contributed by atoms with Crippen molar-refractivity contribution in [1.29, 1.82) is 0 Å². The number of ether oxygens (including phenoxy) is 1. The predicted molar refractivity (Wildman–Crippen MR) is 51.8 cm³/mol. The minimum Gasteiger partial charge on any atom is -0.388 e. The van der Waals surface area contributed by atoms with E-state index >= 15 is 0 Å². The molecule has 1 saturated heterocycles. The molecule has 4 heteroatoms. The van der Waals surface area contributed by atoms with Gasteiger partial charge < -0.3 is 20.1 Å². The second kappa shape index (κ2) is 4.14. The van der Waals surface area contributed by atoms with Crippen molar-refractivity contribution in [3.63, 3.8) is 0 Å². The number of aliphatic hydroxyl groups is 3. The maximum atomic E-state index is 9.64. The first kappa shape index (κ1) is 11.9. The van der Waals surface area contributed by atoms with Crippen LogP contribution in [0.5, 0.6) is 0 Å². The molecule has 0 bridgehead atoms. The highest BCUT2D eigenvalue weighted by atomic mass is 16.5. The molecule has 0 unspecified atom stereocenters. The van der Waals surface area contributed by atoms with Crippen molar-refractivity contribution in [2.45, 2.75) is 51.6 Å². The summed E-state index contributed by atoms with van der Waals surface area (Å²) in [6.45, 7) is 6.22. The van der Waals surface area contributed by atoms with E-state index in [2.05, 4.69) is 0 Å². The Bertz CT molecular complexity index is 187. The maximum Gasteiger partial charge on any atom is 0.111 e. The molecule has 14 heavy (non-hydrogen) atoms. The molecule has 1 aliphatic heterocycles. The summed E-state index contributed by atoms with van der Waals surface area (Å²) < 4.78 is 5.29. The third-order valence-electron chi connectivity index (χ3n) is 2.42. The molecular formula is C10H20O4. The molecule has 84 valence electrons. The van der Waals surface area contributed by atoms with E-state index in [1.807, 2.05) is 20.8 Å². The molecule has 4 nitrogen and oxygen atoms in total. The maximum absolute atomic E-state index is 9.64. The van der Waals surface area contributed by atoms with Crippen LogP contribution in [0.15, 0.2) is 0 Å². The Kier molecular flexibility index (Phi) is 3.53. The highest BCUT2D eigenvalue weighted by Crippen LogP contribution is 2.27. The van der Waals surface area contributed by atoms with Crippen LogP contribution in [0, 0.1) is 5.41 Å². The Balaban J connectivity index is 2.55. The molecule has 0 amide bonds. The first-order valence-corrected chi connectivity index (χ1v) is 4.97. The number of aliphatic hydroxyl groups excluding tert-OH is 3. The molecule has 0 saturated carbocycles. The van der Waals surface area contributed by atoms with Crippen LogP contribution in [0.3, 0.4) is 0 Å². The van der Waals surface area contributed by atoms with Crippen molar-refractivity contribution < 1.29 is 20.1 Å².